The minimum Gasteiger partial charge on any atom is -0.450 e. The SMILES string of the molecule is CCN1C(=O)c2oc3ccccc3c(=O)c2[C@H]1c1ccc(Br)cc1. The maximum atomic E-state index is 13.0. The van der Waals surface area contributed by atoms with E-state index in [2.05, 4.69) is 15.9 Å². The summed E-state index contributed by atoms with van der Waals surface area (Å²) in [5.74, 6) is -0.0725. The van der Waals surface area contributed by atoms with Crippen LogP contribution in [-0.4, -0.2) is 17.4 Å². The number of benzene rings is 2. The third-order valence-corrected chi connectivity index (χ3v) is 4.93. The van der Waals surface area contributed by atoms with Gasteiger partial charge in [0.1, 0.15) is 5.58 Å². The Labute approximate surface area is 146 Å². The lowest BCUT2D eigenvalue weighted by atomic mass is 9.98. The first-order valence-electron chi connectivity index (χ1n) is 7.74. The highest BCUT2D eigenvalue weighted by Crippen LogP contribution is 2.38. The summed E-state index contributed by atoms with van der Waals surface area (Å²) in [7, 11) is 0. The van der Waals surface area contributed by atoms with Crippen LogP contribution < -0.4 is 5.43 Å². The van der Waals surface area contributed by atoms with Crippen LogP contribution in [0.3, 0.4) is 0 Å². The van der Waals surface area contributed by atoms with Crippen molar-refractivity contribution in [1.82, 2.24) is 4.90 Å². The topological polar surface area (TPSA) is 50.5 Å². The van der Waals surface area contributed by atoms with Gasteiger partial charge in [0.05, 0.1) is 17.0 Å². The number of hydrogen-bond donors (Lipinski definition) is 0. The van der Waals surface area contributed by atoms with Gasteiger partial charge in [0, 0.05) is 11.0 Å². The summed E-state index contributed by atoms with van der Waals surface area (Å²) in [5, 5.41) is 0.504. The maximum absolute atomic E-state index is 13.0. The molecule has 4 rings (SSSR count). The monoisotopic (exact) mass is 383 g/mol. The molecule has 0 saturated carbocycles. The Morgan fingerprint density at radius 1 is 1.08 bits per heavy atom. The standard InChI is InChI=1S/C19H14BrNO3/c1-2-21-16(11-7-9-12(20)10-8-11)15-17(22)13-5-3-4-6-14(13)24-18(15)19(21)23/h3-10,16H,2H2,1H3/t16-/m1/s1. The molecule has 1 aliphatic rings. The average Bonchev–Trinajstić information content (AvgIpc) is 2.88. The van der Waals surface area contributed by atoms with Crippen molar-refractivity contribution in [2.24, 2.45) is 0 Å². The van der Waals surface area contributed by atoms with E-state index in [4.69, 9.17) is 4.42 Å². The molecule has 2 heterocycles. The van der Waals surface area contributed by atoms with Crippen molar-refractivity contribution in [2.75, 3.05) is 6.54 Å². The fraction of sp³-hybridized carbons (Fsp3) is 0.158. The second kappa shape index (κ2) is 5.60. The minimum absolute atomic E-state index is 0.135. The van der Waals surface area contributed by atoms with Crippen molar-refractivity contribution in [2.45, 2.75) is 13.0 Å². The molecule has 0 bridgehead atoms. The zero-order valence-corrected chi connectivity index (χ0v) is 14.5. The van der Waals surface area contributed by atoms with E-state index in [-0.39, 0.29) is 17.1 Å². The van der Waals surface area contributed by atoms with Crippen LogP contribution in [0, 0.1) is 0 Å². The van der Waals surface area contributed by atoms with E-state index >= 15 is 0 Å². The predicted octanol–water partition coefficient (Wildman–Crippen LogP) is 4.12. The van der Waals surface area contributed by atoms with Crippen molar-refractivity contribution in [3.05, 3.63) is 80.1 Å². The highest BCUT2D eigenvalue weighted by molar-refractivity contribution is 9.10. The molecule has 0 saturated heterocycles. The molecule has 5 heteroatoms. The Morgan fingerprint density at radius 2 is 1.79 bits per heavy atom. The molecule has 0 unspecified atom stereocenters. The fourth-order valence-electron chi connectivity index (χ4n) is 3.28. The van der Waals surface area contributed by atoms with Gasteiger partial charge in [-0.3, -0.25) is 9.59 Å². The summed E-state index contributed by atoms with van der Waals surface area (Å²) in [6, 6.07) is 14.3. The lowest BCUT2D eigenvalue weighted by Gasteiger charge is -2.23. The number of fused-ring (bicyclic) bond motifs is 2. The normalized spacial score (nSPS) is 16.7. The lowest BCUT2D eigenvalue weighted by molar-refractivity contribution is 0.0738. The second-order valence-electron chi connectivity index (χ2n) is 5.72. The first-order chi connectivity index (χ1) is 11.6. The quantitative estimate of drug-likeness (QED) is 0.668. The van der Waals surface area contributed by atoms with Crippen molar-refractivity contribution in [3.8, 4) is 0 Å². The number of amides is 1. The Bertz CT molecular complexity index is 1010. The molecule has 0 N–H and O–H groups in total. The Morgan fingerprint density at radius 3 is 2.50 bits per heavy atom. The molecule has 0 aliphatic carbocycles. The van der Waals surface area contributed by atoms with Gasteiger partial charge in [0.15, 0.2) is 5.43 Å². The van der Waals surface area contributed by atoms with Gasteiger partial charge in [-0.2, -0.15) is 0 Å². The summed E-state index contributed by atoms with van der Waals surface area (Å²) in [4.78, 5) is 27.5. The van der Waals surface area contributed by atoms with Gasteiger partial charge in [-0.25, -0.2) is 0 Å². The van der Waals surface area contributed by atoms with E-state index in [1.165, 1.54) is 0 Å². The van der Waals surface area contributed by atoms with Crippen molar-refractivity contribution in [1.29, 1.82) is 0 Å². The summed E-state index contributed by atoms with van der Waals surface area (Å²) < 4.78 is 6.75. The molecule has 4 nitrogen and oxygen atoms in total. The fourth-order valence-corrected chi connectivity index (χ4v) is 3.55. The largest absolute Gasteiger partial charge is 0.450 e. The molecule has 3 aromatic rings. The Balaban J connectivity index is 2.03. The number of carbonyl (C=O) groups excluding carboxylic acids is 1. The van der Waals surface area contributed by atoms with Gasteiger partial charge in [-0.15, -0.1) is 0 Å². The van der Waals surface area contributed by atoms with Crippen molar-refractivity contribution in [3.63, 3.8) is 0 Å². The highest BCUT2D eigenvalue weighted by Gasteiger charge is 2.41. The van der Waals surface area contributed by atoms with Gasteiger partial charge in [-0.1, -0.05) is 40.2 Å². The Hall–Kier alpha value is -2.40. The van der Waals surface area contributed by atoms with Crippen LogP contribution in [0.2, 0.25) is 0 Å². The van der Waals surface area contributed by atoms with Gasteiger partial charge >= 0.3 is 0 Å². The number of rotatable bonds is 2. The van der Waals surface area contributed by atoms with Crippen LogP contribution in [0.25, 0.3) is 11.0 Å². The van der Waals surface area contributed by atoms with Crippen LogP contribution >= 0.6 is 15.9 Å². The second-order valence-corrected chi connectivity index (χ2v) is 6.63. The summed E-state index contributed by atoms with van der Waals surface area (Å²) in [5.41, 5.74) is 1.64. The van der Waals surface area contributed by atoms with Crippen molar-refractivity contribution >= 4 is 32.8 Å². The molecule has 1 aromatic heterocycles. The first kappa shape index (κ1) is 15.1. The van der Waals surface area contributed by atoms with Gasteiger partial charge in [-0.05, 0) is 36.8 Å². The average molecular weight is 384 g/mol. The van der Waals surface area contributed by atoms with Gasteiger partial charge < -0.3 is 9.32 Å². The third kappa shape index (κ3) is 2.12. The molecule has 24 heavy (non-hydrogen) atoms. The van der Waals surface area contributed by atoms with Crippen LogP contribution in [-0.2, 0) is 0 Å². The summed E-state index contributed by atoms with van der Waals surface area (Å²) in [6.45, 7) is 2.40. The van der Waals surface area contributed by atoms with E-state index in [1.54, 1.807) is 29.2 Å². The maximum Gasteiger partial charge on any atom is 0.290 e. The number of para-hydroxylation sites is 1. The molecule has 0 fully saturated rings. The predicted molar refractivity (Wildman–Crippen MR) is 95.2 cm³/mol. The number of halogens is 1. The van der Waals surface area contributed by atoms with E-state index in [0.29, 0.717) is 23.1 Å². The molecule has 1 amide bonds. The number of carbonyl (C=O) groups is 1. The molecular formula is C19H14BrNO3. The molecular weight excluding hydrogens is 370 g/mol. The zero-order valence-electron chi connectivity index (χ0n) is 13.0. The molecule has 1 atom stereocenters. The van der Waals surface area contributed by atoms with E-state index in [0.717, 1.165) is 10.0 Å². The van der Waals surface area contributed by atoms with Crippen LogP contribution in [0.1, 0.15) is 34.6 Å². The van der Waals surface area contributed by atoms with Gasteiger partial charge in [0.2, 0.25) is 5.76 Å². The Kier molecular flexibility index (Phi) is 3.53. The van der Waals surface area contributed by atoms with Crippen LogP contribution in [0.15, 0.2) is 62.2 Å². The molecule has 2 aromatic carbocycles. The molecule has 0 radical (unpaired) electrons. The van der Waals surface area contributed by atoms with E-state index < -0.39 is 6.04 Å². The van der Waals surface area contributed by atoms with E-state index in [9.17, 15) is 9.59 Å². The number of nitrogens with zero attached hydrogens (tertiary/aromatic N) is 1. The molecule has 0 spiro atoms. The third-order valence-electron chi connectivity index (χ3n) is 4.40. The number of hydrogen-bond acceptors (Lipinski definition) is 3. The zero-order chi connectivity index (χ0) is 16.8. The summed E-state index contributed by atoms with van der Waals surface area (Å²) >= 11 is 3.42. The summed E-state index contributed by atoms with van der Waals surface area (Å²) in [6.07, 6.45) is 0. The molecule has 1 aliphatic heterocycles. The lowest BCUT2D eigenvalue weighted by Crippen LogP contribution is -2.29. The van der Waals surface area contributed by atoms with Crippen molar-refractivity contribution < 1.29 is 9.21 Å². The molecule has 120 valence electrons. The van der Waals surface area contributed by atoms with E-state index in [1.807, 2.05) is 31.2 Å². The van der Waals surface area contributed by atoms with Gasteiger partial charge in [0.25, 0.3) is 5.91 Å². The highest BCUT2D eigenvalue weighted by atomic mass is 79.9. The first-order valence-corrected chi connectivity index (χ1v) is 8.53. The van der Waals surface area contributed by atoms with Crippen LogP contribution in [0.5, 0.6) is 0 Å². The minimum atomic E-state index is -0.411. The smallest absolute Gasteiger partial charge is 0.290 e. The van der Waals surface area contributed by atoms with Crippen LogP contribution in [0.4, 0.5) is 0 Å².